The first-order valence-corrected chi connectivity index (χ1v) is 33.5. The topological polar surface area (TPSA) is 77.5 Å². The average molecular weight is 1050 g/mol. The minimum atomic E-state index is -0.420. The molecule has 0 aromatic rings. The third kappa shape index (κ3) is 16.0. The maximum absolute atomic E-state index is 13.4. The van der Waals surface area contributed by atoms with Gasteiger partial charge in [0.15, 0.2) is 0 Å². The number of carbonyl (C=O) groups is 2. The molecule has 0 N–H and O–H groups in total. The van der Waals surface area contributed by atoms with Gasteiger partial charge < -0.3 is 18.9 Å². The molecule has 75 heavy (non-hydrogen) atoms. The zero-order valence-electron chi connectivity index (χ0n) is 49.5. The van der Waals surface area contributed by atoms with Gasteiger partial charge in [0.2, 0.25) is 0 Å². The standard InChI is InChI=1S/C67H116N2O6/c1-47-45-54(29-43-64(47)73-49(3)70)67(4,5)55-30-44-65(48(2)46-55)75-66(71)74-63-41-37-61(38-42-63)69(57-15-11-8-12-16-57)59-33-27-53(28-34-59)24-22-51-19-17-50(18-20-51)21-23-52-25-31-58(32-26-52)68(56-13-9-7-10-14-56)60-35-39-62(72-6)40-36-60/h47-48,50-65H,7-46H2,1-6H3. The summed E-state index contributed by atoms with van der Waals surface area (Å²) >= 11 is 0. The van der Waals surface area contributed by atoms with E-state index in [1.54, 1.807) is 0 Å². The minimum absolute atomic E-state index is 0.00792. The average Bonchev–Trinajstić information content (AvgIpc) is 3.43. The predicted octanol–water partition coefficient (Wildman–Crippen LogP) is 17.4. The molecule has 6 atom stereocenters. The molecule has 0 heterocycles. The lowest BCUT2D eigenvalue weighted by molar-refractivity contribution is -0.152. The van der Waals surface area contributed by atoms with Gasteiger partial charge in [-0.2, -0.15) is 0 Å². The van der Waals surface area contributed by atoms with Gasteiger partial charge in [-0.1, -0.05) is 118 Å². The summed E-state index contributed by atoms with van der Waals surface area (Å²) in [7, 11) is 1.93. The molecule has 8 heteroatoms. The molecule has 9 fully saturated rings. The number of methoxy groups -OCH3 is 1. The number of carbonyl (C=O) groups excluding carboxylic acids is 2. The predicted molar refractivity (Wildman–Crippen MR) is 306 cm³/mol. The van der Waals surface area contributed by atoms with Gasteiger partial charge in [-0.15, -0.1) is 0 Å². The van der Waals surface area contributed by atoms with Crippen LogP contribution in [0.2, 0.25) is 0 Å². The fraction of sp³-hybridized carbons (Fsp3) is 0.970. The van der Waals surface area contributed by atoms with E-state index in [0.717, 1.165) is 118 Å². The van der Waals surface area contributed by atoms with Gasteiger partial charge in [-0.3, -0.25) is 14.6 Å². The molecular formula is C67H116N2O6. The van der Waals surface area contributed by atoms with Gasteiger partial charge in [0.05, 0.1) is 6.10 Å². The molecule has 0 saturated heterocycles. The first-order valence-electron chi connectivity index (χ1n) is 33.5. The zero-order valence-corrected chi connectivity index (χ0v) is 49.5. The van der Waals surface area contributed by atoms with E-state index in [4.69, 9.17) is 18.9 Å². The first-order chi connectivity index (χ1) is 36.4. The van der Waals surface area contributed by atoms with Crippen LogP contribution in [0, 0.1) is 52.8 Å². The second-order valence-electron chi connectivity index (χ2n) is 28.9. The summed E-state index contributed by atoms with van der Waals surface area (Å²) in [6, 6.07) is 4.69. The smallest absolute Gasteiger partial charge is 0.462 e. The summed E-state index contributed by atoms with van der Waals surface area (Å²) in [5, 5.41) is 0. The van der Waals surface area contributed by atoms with Gasteiger partial charge in [0.1, 0.15) is 18.3 Å². The van der Waals surface area contributed by atoms with Crippen molar-refractivity contribution in [3.63, 3.8) is 0 Å². The molecule has 9 aliphatic rings. The van der Waals surface area contributed by atoms with Crippen molar-refractivity contribution in [3.8, 4) is 0 Å². The van der Waals surface area contributed by atoms with Crippen molar-refractivity contribution in [1.29, 1.82) is 0 Å². The summed E-state index contributed by atoms with van der Waals surface area (Å²) in [5.74, 6) is 5.74. The quantitative estimate of drug-likeness (QED) is 0.126. The Labute approximate surface area is 460 Å². The fourth-order valence-corrected chi connectivity index (χ4v) is 19.1. The largest absolute Gasteiger partial charge is 0.508 e. The highest BCUT2D eigenvalue weighted by atomic mass is 16.7. The van der Waals surface area contributed by atoms with E-state index in [0.29, 0.717) is 35.8 Å². The maximum Gasteiger partial charge on any atom is 0.508 e. The van der Waals surface area contributed by atoms with Crippen molar-refractivity contribution in [2.45, 2.75) is 352 Å². The number of ether oxygens (including phenoxy) is 4. The second kappa shape index (κ2) is 28.4. The Hall–Kier alpha value is -1.38. The van der Waals surface area contributed by atoms with Gasteiger partial charge in [-0.25, -0.2) is 4.79 Å². The lowest BCUT2D eigenvalue weighted by atomic mass is 9.58. The maximum atomic E-state index is 13.4. The van der Waals surface area contributed by atoms with Crippen molar-refractivity contribution in [2.75, 3.05) is 7.11 Å². The van der Waals surface area contributed by atoms with Crippen molar-refractivity contribution in [1.82, 2.24) is 9.80 Å². The fourth-order valence-electron chi connectivity index (χ4n) is 19.1. The van der Waals surface area contributed by atoms with Crippen LogP contribution in [0.3, 0.4) is 0 Å². The lowest BCUT2D eigenvalue weighted by Crippen LogP contribution is -2.52. The molecule has 0 amide bonds. The summed E-state index contributed by atoms with van der Waals surface area (Å²) in [5.41, 5.74) is 0.208. The van der Waals surface area contributed by atoms with Gasteiger partial charge in [0.25, 0.3) is 0 Å². The van der Waals surface area contributed by atoms with Crippen molar-refractivity contribution in [3.05, 3.63) is 0 Å². The minimum Gasteiger partial charge on any atom is -0.462 e. The van der Waals surface area contributed by atoms with Crippen LogP contribution in [0.25, 0.3) is 0 Å². The molecular weight excluding hydrogens is 929 g/mol. The van der Waals surface area contributed by atoms with E-state index in [-0.39, 0.29) is 29.7 Å². The number of hydrogen-bond acceptors (Lipinski definition) is 8. The summed E-state index contributed by atoms with van der Waals surface area (Å²) in [6.07, 6.45) is 53.9. The van der Waals surface area contributed by atoms with Crippen LogP contribution in [0.4, 0.5) is 4.79 Å². The molecule has 0 bridgehead atoms. The molecule has 8 nitrogen and oxygen atoms in total. The van der Waals surface area contributed by atoms with E-state index in [1.165, 1.54) is 200 Å². The van der Waals surface area contributed by atoms with Crippen LogP contribution in [0.15, 0.2) is 0 Å². The molecule has 0 radical (unpaired) electrons. The van der Waals surface area contributed by atoms with E-state index in [1.807, 2.05) is 7.11 Å². The highest BCUT2D eigenvalue weighted by Gasteiger charge is 2.46. The van der Waals surface area contributed by atoms with E-state index < -0.39 is 6.16 Å². The normalized spacial score (nSPS) is 39.3. The Morgan fingerprint density at radius 2 is 0.733 bits per heavy atom. The van der Waals surface area contributed by atoms with Crippen LogP contribution >= 0.6 is 0 Å². The number of rotatable bonds is 18. The molecule has 9 saturated carbocycles. The summed E-state index contributed by atoms with van der Waals surface area (Å²) < 4.78 is 23.8. The molecule has 6 unspecified atom stereocenters. The summed E-state index contributed by atoms with van der Waals surface area (Å²) in [6.45, 7) is 11.0. The van der Waals surface area contributed by atoms with Gasteiger partial charge in [0, 0.05) is 50.3 Å². The van der Waals surface area contributed by atoms with Crippen LogP contribution in [0.1, 0.15) is 291 Å². The SMILES string of the molecule is COC1CCC(N(C2CCCCC2)C2CCC(CCC3CCC(CCC4CCC(N(C5CCCCC5)C5CCC(OC(=O)OC6CCC(C(C)(C)C7CCC(OC(C)=O)C(C)C7)CC6C)CC5)CC4)CC3)CC2)CC1. The van der Waals surface area contributed by atoms with Crippen molar-refractivity contribution in [2.24, 2.45) is 52.8 Å². The highest BCUT2D eigenvalue weighted by Crippen LogP contribution is 2.51. The van der Waals surface area contributed by atoms with Gasteiger partial charge >= 0.3 is 12.1 Å². The lowest BCUT2D eigenvalue weighted by Gasteiger charge is -2.49. The van der Waals surface area contributed by atoms with Crippen LogP contribution in [-0.4, -0.2) is 89.7 Å². The van der Waals surface area contributed by atoms with Crippen LogP contribution in [0.5, 0.6) is 0 Å². The monoisotopic (exact) mass is 1040 g/mol. The molecule has 9 aliphatic carbocycles. The highest BCUT2D eigenvalue weighted by molar-refractivity contribution is 5.66. The number of esters is 1. The zero-order chi connectivity index (χ0) is 52.3. The van der Waals surface area contributed by atoms with Crippen molar-refractivity contribution < 1.29 is 28.5 Å². The molecule has 0 aromatic heterocycles. The van der Waals surface area contributed by atoms with E-state index >= 15 is 0 Å². The number of nitrogens with zero attached hydrogens (tertiary/aromatic N) is 2. The second-order valence-corrected chi connectivity index (χ2v) is 28.9. The Kier molecular flexibility index (Phi) is 22.0. The Balaban J connectivity index is 0.648. The van der Waals surface area contributed by atoms with Gasteiger partial charge in [-0.05, 0) is 220 Å². The molecule has 0 aliphatic heterocycles. The molecule has 0 aromatic carbocycles. The number of hydrogen-bond donors (Lipinski definition) is 0. The Morgan fingerprint density at radius 3 is 1.09 bits per heavy atom. The summed E-state index contributed by atoms with van der Waals surface area (Å²) in [4.78, 5) is 31.3. The Bertz CT molecular complexity index is 1670. The van der Waals surface area contributed by atoms with Crippen molar-refractivity contribution >= 4 is 12.1 Å². The van der Waals surface area contributed by atoms with Crippen LogP contribution in [-0.2, 0) is 23.7 Å². The molecule has 9 rings (SSSR count). The Morgan fingerprint density at radius 1 is 0.400 bits per heavy atom. The third-order valence-electron chi connectivity index (χ3n) is 24.0. The van der Waals surface area contributed by atoms with Crippen LogP contribution < -0.4 is 0 Å². The van der Waals surface area contributed by atoms with E-state index in [2.05, 4.69) is 37.5 Å². The first kappa shape index (κ1) is 58.3. The molecule has 430 valence electrons. The molecule has 0 spiro atoms. The van der Waals surface area contributed by atoms with E-state index in [9.17, 15) is 9.59 Å². The third-order valence-corrected chi connectivity index (χ3v) is 24.0.